The van der Waals surface area contributed by atoms with Crippen molar-refractivity contribution in [2.45, 2.75) is 305 Å². The van der Waals surface area contributed by atoms with E-state index in [0.29, 0.717) is 39.8 Å². The number of benzene rings is 2. The number of amides is 6. The molecule has 5 fully saturated rings. The fourth-order valence-corrected chi connectivity index (χ4v) is 16.4. The Labute approximate surface area is 769 Å². The predicted molar refractivity (Wildman–Crippen MR) is 469 cm³/mol. The van der Waals surface area contributed by atoms with Gasteiger partial charge >= 0.3 is 23.9 Å². The molecule has 1 unspecified atom stereocenters. The lowest BCUT2D eigenvalue weighted by Crippen LogP contribution is -2.59. The number of aliphatic hydroxyl groups excluding tert-OH is 6. The number of aryl methyl sites for hydroxylation is 2. The number of hydrogen-bond acceptors (Lipinski definition) is 31. The molecular formula is C90H135N5O35S2. The van der Waals surface area contributed by atoms with Crippen molar-refractivity contribution in [3.05, 3.63) is 69.8 Å². The van der Waals surface area contributed by atoms with Gasteiger partial charge in [0.25, 0.3) is 20.2 Å². The molecule has 2 aromatic carbocycles. The first-order valence-corrected chi connectivity index (χ1v) is 47.7. The number of hydrogen-bond donors (Lipinski definition) is 12. The number of ether oxygens (including phenoxy) is 6. The lowest BCUT2D eigenvalue weighted by Gasteiger charge is -2.39. The maximum Gasteiger partial charge on any atom is 0.335 e. The number of nitrogens with one attached hydrogen (secondary N) is 2. The maximum absolute atomic E-state index is 13.7. The molecule has 132 heavy (non-hydrogen) atoms. The van der Waals surface area contributed by atoms with E-state index in [0.717, 1.165) is 9.80 Å². The first-order chi connectivity index (χ1) is 61.3. The third-order valence-electron chi connectivity index (χ3n) is 23.6. The molecule has 0 bridgehead atoms. The zero-order valence-corrected chi connectivity index (χ0v) is 79.5. The Morgan fingerprint density at radius 1 is 0.530 bits per heavy atom. The summed E-state index contributed by atoms with van der Waals surface area (Å²) < 4.78 is 95.6. The number of nitrogens with zero attached hydrogens (tertiary/aromatic N) is 3. The summed E-state index contributed by atoms with van der Waals surface area (Å²) in [5.74, 6) is -14.8. The molecule has 12 N–H and O–H groups in total. The molecule has 40 nitrogen and oxygen atoms in total. The van der Waals surface area contributed by atoms with Gasteiger partial charge in [-0.3, -0.25) is 76.3 Å². The van der Waals surface area contributed by atoms with Gasteiger partial charge in [0.2, 0.25) is 35.4 Å². The molecule has 42 heteroatoms. The van der Waals surface area contributed by atoms with E-state index in [1.165, 1.54) is 18.7 Å². The lowest BCUT2D eigenvalue weighted by atomic mass is 9.89. The molecule has 6 amide bonds. The Balaban J connectivity index is 0.000000459. The van der Waals surface area contributed by atoms with E-state index in [-0.39, 0.29) is 128 Å². The molecule has 0 aliphatic carbocycles. The van der Waals surface area contributed by atoms with Crippen LogP contribution in [0, 0.1) is 46.3 Å². The highest BCUT2D eigenvalue weighted by Gasteiger charge is 2.52. The molecule has 0 spiro atoms. The molecular weight excluding hydrogens is 1780 g/mol. The number of likely N-dealkylation sites (tertiary alicyclic amines) is 3. The summed E-state index contributed by atoms with van der Waals surface area (Å²) in [5, 5.41) is 86.4. The average Bonchev–Trinajstić information content (AvgIpc) is 1.55. The van der Waals surface area contributed by atoms with Crippen molar-refractivity contribution >= 4 is 108 Å². The van der Waals surface area contributed by atoms with E-state index in [4.69, 9.17) is 37.5 Å². The minimum Gasteiger partial charge on any atom is -0.479 e. The molecule has 2 aromatic rings. The molecule has 742 valence electrons. The fraction of sp³-hybridized carbons (Fsp3) is 0.700. The highest BCUT2D eigenvalue weighted by atomic mass is 32.2. The molecule has 5 aliphatic heterocycles. The number of carbonyl (C=O) groups is 15. The van der Waals surface area contributed by atoms with Gasteiger partial charge in [-0.1, -0.05) is 91.8 Å². The molecule has 19 atom stereocenters. The summed E-state index contributed by atoms with van der Waals surface area (Å²) in [7, 11) is -8.66. The number of esters is 2. The van der Waals surface area contributed by atoms with Crippen molar-refractivity contribution in [1.82, 2.24) is 25.3 Å². The fourth-order valence-electron chi connectivity index (χ4n) is 15.7. The minimum absolute atomic E-state index is 0.0223. The molecule has 0 saturated carbocycles. The Hall–Kier alpha value is -8.89. The van der Waals surface area contributed by atoms with E-state index in [1.54, 1.807) is 113 Å². The van der Waals surface area contributed by atoms with Crippen molar-refractivity contribution in [2.75, 3.05) is 51.0 Å². The van der Waals surface area contributed by atoms with Crippen molar-refractivity contribution in [3.63, 3.8) is 0 Å². The molecule has 0 aromatic heterocycles. The van der Waals surface area contributed by atoms with Gasteiger partial charge in [-0.15, -0.1) is 0 Å². The summed E-state index contributed by atoms with van der Waals surface area (Å²) >= 11 is 0. The van der Waals surface area contributed by atoms with Gasteiger partial charge in [0.15, 0.2) is 35.3 Å². The van der Waals surface area contributed by atoms with Crippen molar-refractivity contribution in [1.29, 1.82) is 0 Å². The van der Waals surface area contributed by atoms with Crippen LogP contribution in [-0.4, -0.2) is 312 Å². The highest BCUT2D eigenvalue weighted by Crippen LogP contribution is 2.35. The zero-order valence-electron chi connectivity index (χ0n) is 77.9. The second kappa shape index (κ2) is 50.6. The number of carboxylic acids is 2. The van der Waals surface area contributed by atoms with Gasteiger partial charge < -0.3 is 89.7 Å². The topological polar surface area (TPSA) is 616 Å². The third kappa shape index (κ3) is 33.6. The molecule has 5 heterocycles. The van der Waals surface area contributed by atoms with Crippen LogP contribution in [-0.2, 0) is 159 Å². The van der Waals surface area contributed by atoms with Crippen LogP contribution in [0.15, 0.2) is 36.4 Å². The van der Waals surface area contributed by atoms with Gasteiger partial charge in [-0.25, -0.2) is 9.59 Å². The van der Waals surface area contributed by atoms with Crippen LogP contribution in [0.25, 0.3) is 0 Å². The van der Waals surface area contributed by atoms with Gasteiger partial charge in [0, 0.05) is 68.6 Å². The first-order valence-electron chi connectivity index (χ1n) is 44.5. The largest absolute Gasteiger partial charge is 0.479 e. The van der Waals surface area contributed by atoms with Gasteiger partial charge in [-0.05, 0) is 146 Å². The summed E-state index contributed by atoms with van der Waals surface area (Å²) in [6.07, 6.45) is -16.5. The Kier molecular flexibility index (Phi) is 43.6. The second-order valence-electron chi connectivity index (χ2n) is 37.0. The van der Waals surface area contributed by atoms with Crippen LogP contribution >= 0.6 is 0 Å². The molecule has 0 radical (unpaired) electrons. The number of rotatable bonds is 47. The quantitative estimate of drug-likeness (QED) is 0.0195. The average molecular weight is 1910 g/mol. The van der Waals surface area contributed by atoms with E-state index in [2.05, 4.69) is 10.6 Å². The van der Waals surface area contributed by atoms with Gasteiger partial charge in [-0.2, -0.15) is 16.8 Å². The van der Waals surface area contributed by atoms with Crippen LogP contribution in [0.5, 0.6) is 0 Å². The highest BCUT2D eigenvalue weighted by molar-refractivity contribution is 7.86. The van der Waals surface area contributed by atoms with E-state index in [1.807, 2.05) is 20.8 Å². The predicted octanol–water partition coefficient (Wildman–Crippen LogP) is 2.16. The normalized spacial score (nSPS) is 24.5. The van der Waals surface area contributed by atoms with Crippen molar-refractivity contribution in [2.24, 2.45) is 46.3 Å². The minimum atomic E-state index is -4.36. The van der Waals surface area contributed by atoms with E-state index >= 15 is 0 Å². The number of carbonyl (C=O) groups excluding carboxylic acids is 13. The SMILES string of the molecule is CC.CC1CC(=O)N([C@H]2C[C@@H](COCCS(=O)(=O)O)N(CC(=O)C[C@H](C(=O)N[C@@H](C)C(=O)Cc3ccc(COC(=O)C(C)(C)C)c(CC[C@@H]4O[C@H](C(=O)O)[C@@H](O)[C@H](O)[C@H]4O)c3)C(C)C)C2=O)C1=O.CCCC(=O)C[C@H]1C[C@@H](COCCS(=O)(=O)O)N(CC(=O)C[C@H](C(=O)N[C@@H](C)C(=O)Cc2ccc(COC(=O)C(C)(C)C)c(CC[C@@H]3O[C@H](C(=O)O)[C@@H](O)[C@H](O)[C@H]3O)c2)C(C)C)C1=O. The van der Waals surface area contributed by atoms with Gasteiger partial charge in [0.1, 0.15) is 61.7 Å². The monoisotopic (exact) mass is 1910 g/mol. The van der Waals surface area contributed by atoms with E-state index < -0.39 is 266 Å². The number of imide groups is 1. The van der Waals surface area contributed by atoms with Crippen molar-refractivity contribution in [3.8, 4) is 0 Å². The van der Waals surface area contributed by atoms with Crippen LogP contribution in [0.1, 0.15) is 208 Å². The van der Waals surface area contributed by atoms with Crippen molar-refractivity contribution < 1.29 is 167 Å². The standard InChI is InChI=1S/C44H63N3O18S.C44H66N2O17S.C2H6/c1-22(2)30(18-29(48)19-46-28(21-63-12-13-66(60,61)62)17-31(41(46)56)47-34(50)14-23(3)40(47)55)39(54)45-24(4)32(49)16-25-8-9-27(20-64-43(59)44(5,6)7)26(15-25)10-11-33-35(51)36(52)37(53)38(65-33)42(57)58;1-8-9-31(47)19-29-18-30(23-61-14-15-64(58,59)60)46(41(29)54)21-32(48)20-33(24(2)3)40(53)45-25(4)34(49)17-26-10-11-28(22-62-43(57)44(5,6)7)27(16-26)12-13-35-36(50)37(51)38(52)39(63-35)42(55)56;1-2/h8-9,15,22-24,28,30-31,33,35-38,51-53H,10-14,16-21H2,1-7H3,(H,45,54)(H,57,58)(H,60,61,62);10-11,16,24-25,29-30,33,35-39,50-52H,8-9,12-15,17-23H2,1-7H3,(H,45,53)(H,55,56)(H,58,59,60);1-2H3/t23?,24-,28-,30-,31-,33-,35-,36+,37-,38-;25-,29+,30-,33-,35-,36-,37+,38-,39-;/m00./s1. The molecule has 5 aliphatic rings. The number of Topliss-reactive ketones (excluding diaryl/α,β-unsaturated/α-hetero) is 5. The number of aliphatic hydroxyl groups is 6. The number of ketones is 5. The van der Waals surface area contributed by atoms with Crippen LogP contribution in [0.4, 0.5) is 0 Å². The zero-order chi connectivity index (χ0) is 99.9. The van der Waals surface area contributed by atoms with Gasteiger partial charge in [0.05, 0.1) is 98.2 Å². The Bertz CT molecular complexity index is 4640. The van der Waals surface area contributed by atoms with Crippen LogP contribution in [0.3, 0.4) is 0 Å². The molecule has 5 saturated heterocycles. The maximum atomic E-state index is 13.7. The molecule has 7 rings (SSSR count). The second-order valence-corrected chi connectivity index (χ2v) is 40.2. The summed E-state index contributed by atoms with van der Waals surface area (Å²) in [5.41, 5.74) is 1.56. The van der Waals surface area contributed by atoms with E-state index in [9.17, 15) is 130 Å². The first kappa shape index (κ1) is 114. The summed E-state index contributed by atoms with van der Waals surface area (Å²) in [4.78, 5) is 199. The number of carboxylic acid groups (broad SMARTS) is 2. The summed E-state index contributed by atoms with van der Waals surface area (Å²) in [6, 6.07) is 5.09. The van der Waals surface area contributed by atoms with Crippen LogP contribution in [0.2, 0.25) is 0 Å². The lowest BCUT2D eigenvalue weighted by molar-refractivity contribution is -0.228. The smallest absolute Gasteiger partial charge is 0.335 e. The summed E-state index contributed by atoms with van der Waals surface area (Å²) in [6.45, 7) is 24.9. The Morgan fingerprint density at radius 3 is 1.27 bits per heavy atom. The van der Waals surface area contributed by atoms with Crippen LogP contribution < -0.4 is 10.6 Å². The number of aliphatic carboxylic acids is 2. The Morgan fingerprint density at radius 2 is 0.917 bits per heavy atom. The third-order valence-corrected chi connectivity index (χ3v) is 24.9.